The number of aromatic nitrogens is 3. The number of hydrogen-bond acceptors (Lipinski definition) is 3. The molecule has 2 saturated carbocycles. The molecule has 2 aliphatic rings. The summed E-state index contributed by atoms with van der Waals surface area (Å²) in [7, 11) is 0. The molecule has 4 rings (SSSR count). The van der Waals surface area contributed by atoms with Gasteiger partial charge in [0.05, 0.1) is 6.54 Å². The lowest BCUT2D eigenvalue weighted by molar-refractivity contribution is 0.440. The highest BCUT2D eigenvalue weighted by Crippen LogP contribution is 2.45. The van der Waals surface area contributed by atoms with Crippen LogP contribution in [-0.2, 0) is 6.54 Å². The summed E-state index contributed by atoms with van der Waals surface area (Å²) in [5.41, 5.74) is 2.52. The van der Waals surface area contributed by atoms with E-state index >= 15 is 0 Å². The lowest BCUT2D eigenvalue weighted by Gasteiger charge is -2.24. The van der Waals surface area contributed by atoms with Crippen LogP contribution in [0.5, 0.6) is 0 Å². The van der Waals surface area contributed by atoms with Crippen LogP contribution in [-0.4, -0.2) is 20.8 Å². The monoisotopic (exact) mass is 268 g/mol. The summed E-state index contributed by atoms with van der Waals surface area (Å²) in [6.45, 7) is 0.784. The molecule has 1 aromatic heterocycles. The van der Waals surface area contributed by atoms with Crippen LogP contribution in [0.1, 0.15) is 31.2 Å². The van der Waals surface area contributed by atoms with Crippen LogP contribution in [0.2, 0.25) is 0 Å². The first-order valence-electron chi connectivity index (χ1n) is 7.55. The zero-order chi connectivity index (χ0) is 13.4. The van der Waals surface area contributed by atoms with E-state index in [1.165, 1.54) is 36.9 Å². The molecule has 0 saturated heterocycles. The molecule has 4 nitrogen and oxygen atoms in total. The topological polar surface area (TPSA) is 42.7 Å². The van der Waals surface area contributed by atoms with Gasteiger partial charge in [0.1, 0.15) is 12.7 Å². The molecule has 2 fully saturated rings. The van der Waals surface area contributed by atoms with E-state index in [4.69, 9.17) is 0 Å². The standard InChI is InChI=1S/C16H20N4/c1-2-13(9-20-11-17-10-18-20)7-15(3-1)19-16-8-12-4-5-14(16)6-12/h1-3,7,10-12,14,16,19H,4-6,8-9H2. The number of nitrogens with zero attached hydrogens (tertiary/aromatic N) is 3. The van der Waals surface area contributed by atoms with Crippen molar-refractivity contribution in [1.82, 2.24) is 14.8 Å². The van der Waals surface area contributed by atoms with Crippen molar-refractivity contribution in [3.05, 3.63) is 42.5 Å². The average Bonchev–Trinajstić information content (AvgIpc) is 3.16. The first-order valence-corrected chi connectivity index (χ1v) is 7.55. The van der Waals surface area contributed by atoms with Gasteiger partial charge in [-0.05, 0) is 48.8 Å². The van der Waals surface area contributed by atoms with E-state index in [2.05, 4.69) is 39.7 Å². The third kappa shape index (κ3) is 2.30. The van der Waals surface area contributed by atoms with Crippen molar-refractivity contribution in [1.29, 1.82) is 0 Å². The lowest BCUT2D eigenvalue weighted by Crippen LogP contribution is -2.25. The molecule has 0 spiro atoms. The smallest absolute Gasteiger partial charge is 0.137 e. The molecular weight excluding hydrogens is 248 g/mol. The highest BCUT2D eigenvalue weighted by Gasteiger charge is 2.39. The van der Waals surface area contributed by atoms with Crippen molar-refractivity contribution in [2.45, 2.75) is 38.3 Å². The summed E-state index contributed by atoms with van der Waals surface area (Å²) in [6, 6.07) is 9.38. The van der Waals surface area contributed by atoms with Gasteiger partial charge < -0.3 is 5.32 Å². The van der Waals surface area contributed by atoms with E-state index in [9.17, 15) is 0 Å². The van der Waals surface area contributed by atoms with Gasteiger partial charge in [-0.3, -0.25) is 0 Å². The van der Waals surface area contributed by atoms with Crippen molar-refractivity contribution in [3.63, 3.8) is 0 Å². The Balaban J connectivity index is 1.46. The molecule has 3 atom stereocenters. The summed E-state index contributed by atoms with van der Waals surface area (Å²) in [5.74, 6) is 1.88. The number of anilines is 1. The summed E-state index contributed by atoms with van der Waals surface area (Å²) in [4.78, 5) is 3.99. The molecule has 2 bridgehead atoms. The summed E-state index contributed by atoms with van der Waals surface area (Å²) >= 11 is 0. The highest BCUT2D eigenvalue weighted by atomic mass is 15.3. The quantitative estimate of drug-likeness (QED) is 0.927. The fourth-order valence-corrected chi connectivity index (χ4v) is 3.90. The van der Waals surface area contributed by atoms with Gasteiger partial charge in [-0.2, -0.15) is 5.10 Å². The molecule has 0 radical (unpaired) electrons. The first-order chi connectivity index (χ1) is 9.87. The number of nitrogens with one attached hydrogen (secondary N) is 1. The van der Waals surface area contributed by atoms with Crippen LogP contribution < -0.4 is 5.32 Å². The van der Waals surface area contributed by atoms with Crippen molar-refractivity contribution in [2.75, 3.05) is 5.32 Å². The van der Waals surface area contributed by atoms with Crippen LogP contribution >= 0.6 is 0 Å². The minimum atomic E-state index is 0.690. The molecule has 3 unspecified atom stereocenters. The average molecular weight is 268 g/mol. The van der Waals surface area contributed by atoms with Crippen LogP contribution in [0.15, 0.2) is 36.9 Å². The second-order valence-electron chi connectivity index (χ2n) is 6.22. The molecule has 104 valence electrons. The molecule has 20 heavy (non-hydrogen) atoms. The predicted molar refractivity (Wildman–Crippen MR) is 78.4 cm³/mol. The normalized spacial score (nSPS) is 27.9. The van der Waals surface area contributed by atoms with E-state index in [0.29, 0.717) is 6.04 Å². The summed E-state index contributed by atoms with van der Waals surface area (Å²) in [6.07, 6.45) is 9.01. The molecule has 0 amide bonds. The van der Waals surface area contributed by atoms with Gasteiger partial charge in [0.2, 0.25) is 0 Å². The van der Waals surface area contributed by atoms with Crippen molar-refractivity contribution < 1.29 is 0 Å². The van der Waals surface area contributed by atoms with Crippen LogP contribution in [0.25, 0.3) is 0 Å². The zero-order valence-corrected chi connectivity index (χ0v) is 11.6. The minimum absolute atomic E-state index is 0.690. The van der Waals surface area contributed by atoms with E-state index < -0.39 is 0 Å². The molecular formula is C16H20N4. The number of hydrogen-bond donors (Lipinski definition) is 1. The predicted octanol–water partition coefficient (Wildman–Crippen LogP) is 2.93. The van der Waals surface area contributed by atoms with Gasteiger partial charge in [0, 0.05) is 11.7 Å². The van der Waals surface area contributed by atoms with Gasteiger partial charge in [-0.15, -0.1) is 0 Å². The maximum Gasteiger partial charge on any atom is 0.137 e. The third-order valence-corrected chi connectivity index (χ3v) is 4.83. The molecule has 2 aliphatic carbocycles. The number of benzene rings is 1. The van der Waals surface area contributed by atoms with Gasteiger partial charge in [0.25, 0.3) is 0 Å². The fourth-order valence-electron chi connectivity index (χ4n) is 3.90. The number of rotatable bonds is 4. The third-order valence-electron chi connectivity index (χ3n) is 4.83. The van der Waals surface area contributed by atoms with Gasteiger partial charge in [0.15, 0.2) is 0 Å². The Bertz CT molecular complexity index is 578. The Morgan fingerprint density at radius 1 is 1.25 bits per heavy atom. The van der Waals surface area contributed by atoms with E-state index in [1.54, 1.807) is 12.7 Å². The Hall–Kier alpha value is -1.84. The minimum Gasteiger partial charge on any atom is -0.382 e. The molecule has 1 heterocycles. The van der Waals surface area contributed by atoms with Crippen LogP contribution in [0.3, 0.4) is 0 Å². The lowest BCUT2D eigenvalue weighted by atomic mass is 9.95. The first kappa shape index (κ1) is 11.9. The van der Waals surface area contributed by atoms with E-state index in [-0.39, 0.29) is 0 Å². The maximum absolute atomic E-state index is 4.16. The second-order valence-corrected chi connectivity index (χ2v) is 6.22. The Labute approximate surface area is 119 Å². The van der Waals surface area contributed by atoms with Crippen molar-refractivity contribution >= 4 is 5.69 Å². The van der Waals surface area contributed by atoms with Gasteiger partial charge in [-0.25, -0.2) is 9.67 Å². The number of fused-ring (bicyclic) bond motifs is 2. The van der Waals surface area contributed by atoms with Gasteiger partial charge in [-0.1, -0.05) is 18.6 Å². The molecule has 1 aromatic carbocycles. The molecule has 0 aliphatic heterocycles. The maximum atomic E-state index is 4.16. The Morgan fingerprint density at radius 3 is 3.00 bits per heavy atom. The largest absolute Gasteiger partial charge is 0.382 e. The second kappa shape index (κ2) is 4.93. The zero-order valence-electron chi connectivity index (χ0n) is 11.6. The van der Waals surface area contributed by atoms with E-state index in [1.807, 2.05) is 4.68 Å². The molecule has 1 N–H and O–H groups in total. The fraction of sp³-hybridized carbons (Fsp3) is 0.500. The SMILES string of the molecule is c1cc(Cn2cncn2)cc(NC2CC3CCC2C3)c1. The van der Waals surface area contributed by atoms with Gasteiger partial charge >= 0.3 is 0 Å². The molecule has 4 heteroatoms. The van der Waals surface area contributed by atoms with Crippen molar-refractivity contribution in [2.24, 2.45) is 11.8 Å². The van der Waals surface area contributed by atoms with Crippen molar-refractivity contribution in [3.8, 4) is 0 Å². The summed E-state index contributed by atoms with van der Waals surface area (Å²) < 4.78 is 1.86. The Morgan fingerprint density at radius 2 is 2.25 bits per heavy atom. The van der Waals surface area contributed by atoms with Crippen LogP contribution in [0.4, 0.5) is 5.69 Å². The van der Waals surface area contributed by atoms with E-state index in [0.717, 1.165) is 18.4 Å². The van der Waals surface area contributed by atoms with Crippen LogP contribution in [0, 0.1) is 11.8 Å². The highest BCUT2D eigenvalue weighted by molar-refractivity contribution is 5.47. The Kier molecular flexibility index (Phi) is 2.94. The summed E-state index contributed by atoms with van der Waals surface area (Å²) in [5, 5.41) is 7.91. The molecule has 2 aromatic rings.